The van der Waals surface area contributed by atoms with Gasteiger partial charge in [-0.05, 0) is 24.3 Å². The fraction of sp³-hybridized carbons (Fsp3) is 0.0625. The van der Waals surface area contributed by atoms with Crippen molar-refractivity contribution >= 4 is 23.1 Å². The molecular formula is C16H11N5O2. The van der Waals surface area contributed by atoms with Gasteiger partial charge in [-0.1, -0.05) is 18.2 Å². The number of hydrogen-bond acceptors (Lipinski definition) is 5. The molecule has 3 rings (SSSR count). The summed E-state index contributed by atoms with van der Waals surface area (Å²) >= 11 is 0. The Bertz CT molecular complexity index is 953. The van der Waals surface area contributed by atoms with E-state index in [0.29, 0.717) is 28.4 Å². The smallest absolute Gasteiger partial charge is 0.309 e. The summed E-state index contributed by atoms with van der Waals surface area (Å²) < 4.78 is 1.66. The highest BCUT2D eigenvalue weighted by Gasteiger charge is 2.14. The molecule has 0 aliphatic rings. The first-order valence-corrected chi connectivity index (χ1v) is 6.77. The molecule has 0 spiro atoms. The molecule has 3 aromatic rings. The summed E-state index contributed by atoms with van der Waals surface area (Å²) in [6.45, 7) is 0. The minimum absolute atomic E-state index is 0.254. The third-order valence-corrected chi connectivity index (χ3v) is 3.17. The third-order valence-electron chi connectivity index (χ3n) is 3.17. The highest BCUT2D eigenvalue weighted by Crippen LogP contribution is 2.26. The van der Waals surface area contributed by atoms with E-state index in [-0.39, 0.29) is 6.42 Å². The maximum atomic E-state index is 11.0. The van der Waals surface area contributed by atoms with E-state index in [1.807, 2.05) is 6.07 Å². The molecule has 7 heteroatoms. The van der Waals surface area contributed by atoms with E-state index < -0.39 is 5.97 Å². The van der Waals surface area contributed by atoms with Crippen molar-refractivity contribution in [2.24, 2.45) is 10.2 Å². The summed E-state index contributed by atoms with van der Waals surface area (Å²) in [5, 5.41) is 26.3. The van der Waals surface area contributed by atoms with Crippen LogP contribution >= 0.6 is 0 Å². The Balaban J connectivity index is 2.09. The molecule has 2 aromatic heterocycles. The number of nitriles is 1. The van der Waals surface area contributed by atoms with Crippen molar-refractivity contribution < 1.29 is 9.90 Å². The average molecular weight is 305 g/mol. The first-order valence-electron chi connectivity index (χ1n) is 6.77. The summed E-state index contributed by atoms with van der Waals surface area (Å²) in [6.07, 6.45) is 1.48. The Morgan fingerprint density at radius 2 is 2.00 bits per heavy atom. The molecule has 23 heavy (non-hydrogen) atoms. The van der Waals surface area contributed by atoms with E-state index in [1.54, 1.807) is 53.1 Å². The van der Waals surface area contributed by atoms with Crippen molar-refractivity contribution in [1.82, 2.24) is 9.38 Å². The standard InChI is InChI=1S/C16H11N5O2/c17-10-11-5-1-2-6-12(11)19-20-16-13(9-15(22)23)18-14-7-3-4-8-21(14)16/h1-8H,9H2,(H,22,23). The van der Waals surface area contributed by atoms with Crippen LogP contribution in [0.15, 0.2) is 58.9 Å². The van der Waals surface area contributed by atoms with Crippen LogP contribution in [0.3, 0.4) is 0 Å². The molecule has 2 heterocycles. The first kappa shape index (κ1) is 14.4. The number of carboxylic acids is 1. The molecule has 0 bridgehead atoms. The molecule has 0 radical (unpaired) electrons. The van der Waals surface area contributed by atoms with Gasteiger partial charge in [0.1, 0.15) is 17.4 Å². The lowest BCUT2D eigenvalue weighted by Crippen LogP contribution is -2.00. The van der Waals surface area contributed by atoms with Crippen molar-refractivity contribution in [3.8, 4) is 6.07 Å². The summed E-state index contributed by atoms with van der Waals surface area (Å²) in [4.78, 5) is 15.3. The highest BCUT2D eigenvalue weighted by molar-refractivity contribution is 5.72. The maximum Gasteiger partial charge on any atom is 0.309 e. The van der Waals surface area contributed by atoms with Crippen LogP contribution in [0.2, 0.25) is 0 Å². The van der Waals surface area contributed by atoms with Crippen LogP contribution in [0, 0.1) is 11.3 Å². The number of benzene rings is 1. The van der Waals surface area contributed by atoms with Crippen LogP contribution in [-0.4, -0.2) is 20.5 Å². The van der Waals surface area contributed by atoms with Gasteiger partial charge in [-0.2, -0.15) is 5.26 Å². The Hall–Kier alpha value is -3.53. The number of azo groups is 1. The van der Waals surface area contributed by atoms with E-state index in [9.17, 15) is 4.79 Å². The molecule has 1 N–H and O–H groups in total. The van der Waals surface area contributed by atoms with Gasteiger partial charge in [0, 0.05) is 6.20 Å². The summed E-state index contributed by atoms with van der Waals surface area (Å²) in [7, 11) is 0. The van der Waals surface area contributed by atoms with Crippen molar-refractivity contribution in [2.75, 3.05) is 0 Å². The number of carbonyl (C=O) groups is 1. The number of hydrogen-bond donors (Lipinski definition) is 1. The van der Waals surface area contributed by atoms with Gasteiger partial charge in [0.05, 0.1) is 17.7 Å². The maximum absolute atomic E-state index is 11.0. The van der Waals surface area contributed by atoms with Crippen LogP contribution in [0.25, 0.3) is 5.65 Å². The number of aliphatic carboxylic acids is 1. The molecule has 0 saturated carbocycles. The van der Waals surface area contributed by atoms with Crippen molar-refractivity contribution in [3.63, 3.8) is 0 Å². The van der Waals surface area contributed by atoms with Crippen molar-refractivity contribution in [3.05, 3.63) is 59.9 Å². The van der Waals surface area contributed by atoms with Crippen molar-refractivity contribution in [2.45, 2.75) is 6.42 Å². The van der Waals surface area contributed by atoms with E-state index >= 15 is 0 Å². The van der Waals surface area contributed by atoms with E-state index in [1.165, 1.54) is 0 Å². The van der Waals surface area contributed by atoms with E-state index in [2.05, 4.69) is 15.2 Å². The van der Waals surface area contributed by atoms with Gasteiger partial charge < -0.3 is 5.11 Å². The van der Waals surface area contributed by atoms with Crippen LogP contribution in [0.5, 0.6) is 0 Å². The largest absolute Gasteiger partial charge is 0.481 e. The highest BCUT2D eigenvalue weighted by atomic mass is 16.4. The predicted octanol–water partition coefficient (Wildman–Crippen LogP) is 3.25. The number of pyridine rings is 1. The van der Waals surface area contributed by atoms with E-state index in [0.717, 1.165) is 0 Å². The van der Waals surface area contributed by atoms with Gasteiger partial charge >= 0.3 is 5.97 Å². The fourth-order valence-corrected chi connectivity index (χ4v) is 2.16. The second-order valence-electron chi connectivity index (χ2n) is 4.71. The lowest BCUT2D eigenvalue weighted by Gasteiger charge is -1.98. The molecule has 0 aliphatic heterocycles. The lowest BCUT2D eigenvalue weighted by molar-refractivity contribution is -0.136. The van der Waals surface area contributed by atoms with Crippen LogP contribution in [0.4, 0.5) is 11.5 Å². The number of fused-ring (bicyclic) bond motifs is 1. The number of nitrogens with zero attached hydrogens (tertiary/aromatic N) is 5. The molecule has 0 amide bonds. The minimum Gasteiger partial charge on any atom is -0.481 e. The average Bonchev–Trinajstić information content (AvgIpc) is 2.89. The Kier molecular flexibility index (Phi) is 3.80. The lowest BCUT2D eigenvalue weighted by atomic mass is 10.2. The number of imidazole rings is 1. The molecule has 7 nitrogen and oxygen atoms in total. The second-order valence-corrected chi connectivity index (χ2v) is 4.71. The SMILES string of the molecule is N#Cc1ccccc1N=Nc1c(CC(=O)O)nc2ccccn12. The monoisotopic (exact) mass is 305 g/mol. The Morgan fingerprint density at radius 3 is 2.78 bits per heavy atom. The third kappa shape index (κ3) is 2.91. The topological polar surface area (TPSA) is 103 Å². The number of aromatic nitrogens is 2. The number of carboxylic acid groups (broad SMARTS) is 1. The molecule has 0 saturated heterocycles. The summed E-state index contributed by atoms with van der Waals surface area (Å²) in [6, 6.07) is 14.2. The van der Waals surface area contributed by atoms with Crippen LogP contribution < -0.4 is 0 Å². The van der Waals surface area contributed by atoms with Gasteiger partial charge in [-0.25, -0.2) is 4.98 Å². The minimum atomic E-state index is -0.998. The van der Waals surface area contributed by atoms with Crippen molar-refractivity contribution in [1.29, 1.82) is 5.26 Å². The zero-order valence-corrected chi connectivity index (χ0v) is 11.9. The number of rotatable bonds is 4. The van der Waals surface area contributed by atoms with Gasteiger partial charge in [-0.3, -0.25) is 9.20 Å². The molecular weight excluding hydrogens is 294 g/mol. The normalized spacial score (nSPS) is 10.9. The Morgan fingerprint density at radius 1 is 1.22 bits per heavy atom. The quantitative estimate of drug-likeness (QED) is 0.747. The van der Waals surface area contributed by atoms with Gasteiger partial charge in [-0.15, -0.1) is 10.2 Å². The van der Waals surface area contributed by atoms with Gasteiger partial charge in [0.15, 0.2) is 5.82 Å². The molecule has 112 valence electrons. The zero-order valence-electron chi connectivity index (χ0n) is 11.9. The predicted molar refractivity (Wildman–Crippen MR) is 81.9 cm³/mol. The second kappa shape index (κ2) is 6.07. The molecule has 0 unspecified atom stereocenters. The summed E-state index contributed by atoms with van der Waals surface area (Å²) in [5.41, 5.74) is 1.72. The molecule has 0 atom stereocenters. The van der Waals surface area contributed by atoms with Crippen LogP contribution in [-0.2, 0) is 11.2 Å². The Labute approximate surface area is 131 Å². The van der Waals surface area contributed by atoms with Crippen LogP contribution in [0.1, 0.15) is 11.3 Å². The molecule has 0 fully saturated rings. The summed E-state index contributed by atoms with van der Waals surface area (Å²) in [5.74, 6) is -0.655. The fourth-order valence-electron chi connectivity index (χ4n) is 2.16. The molecule has 1 aromatic carbocycles. The van der Waals surface area contributed by atoms with E-state index in [4.69, 9.17) is 10.4 Å². The first-order chi connectivity index (χ1) is 11.2. The van der Waals surface area contributed by atoms with Gasteiger partial charge in [0.2, 0.25) is 0 Å². The molecule has 0 aliphatic carbocycles. The van der Waals surface area contributed by atoms with Gasteiger partial charge in [0.25, 0.3) is 0 Å². The zero-order chi connectivity index (χ0) is 16.2.